The molecule has 0 aromatic carbocycles. The van der Waals surface area contributed by atoms with E-state index in [-0.39, 0.29) is 0 Å². The van der Waals surface area contributed by atoms with Crippen molar-refractivity contribution in [3.05, 3.63) is 0 Å². The van der Waals surface area contributed by atoms with Gasteiger partial charge in [0.1, 0.15) is 0 Å². The third kappa shape index (κ3) is 6.52. The summed E-state index contributed by atoms with van der Waals surface area (Å²) in [6.45, 7) is 10.0. The van der Waals surface area contributed by atoms with Gasteiger partial charge in [-0.25, -0.2) is 0 Å². The summed E-state index contributed by atoms with van der Waals surface area (Å²) in [6.07, 6.45) is 11.1. The van der Waals surface area contributed by atoms with Crippen LogP contribution in [0, 0.1) is 11.3 Å². The van der Waals surface area contributed by atoms with Gasteiger partial charge in [-0.15, -0.1) is 0 Å². The van der Waals surface area contributed by atoms with Crippen molar-refractivity contribution in [2.45, 2.75) is 79.1 Å². The molecule has 0 saturated carbocycles. The Kier molecular flexibility index (Phi) is 9.02. The maximum atomic E-state index is 5.89. The van der Waals surface area contributed by atoms with Crippen molar-refractivity contribution in [3.8, 4) is 0 Å². The van der Waals surface area contributed by atoms with E-state index < -0.39 is 0 Å². The van der Waals surface area contributed by atoms with Crippen molar-refractivity contribution in [2.75, 3.05) is 6.54 Å². The molecule has 0 bridgehead atoms. The number of unbranched alkanes of at least 4 members (excludes halogenated alkanes) is 6. The summed E-state index contributed by atoms with van der Waals surface area (Å²) < 4.78 is 0. The van der Waals surface area contributed by atoms with Crippen LogP contribution in [0.4, 0.5) is 0 Å². The molecule has 0 aromatic heterocycles. The van der Waals surface area contributed by atoms with Crippen molar-refractivity contribution in [2.24, 2.45) is 17.1 Å². The predicted molar refractivity (Wildman–Crippen MR) is 74.6 cm³/mol. The molecule has 1 heteroatoms. The zero-order valence-corrected chi connectivity index (χ0v) is 12.0. The summed E-state index contributed by atoms with van der Waals surface area (Å²) in [5.41, 5.74) is 6.25. The summed E-state index contributed by atoms with van der Waals surface area (Å²) in [5, 5.41) is 0. The highest BCUT2D eigenvalue weighted by atomic mass is 14.6. The van der Waals surface area contributed by atoms with Crippen LogP contribution in [-0.4, -0.2) is 6.54 Å². The molecular formula is C15H33N. The Labute approximate surface area is 103 Å². The van der Waals surface area contributed by atoms with E-state index in [1.807, 2.05) is 0 Å². The zero-order valence-electron chi connectivity index (χ0n) is 12.0. The second-order valence-electron chi connectivity index (χ2n) is 5.88. The van der Waals surface area contributed by atoms with Gasteiger partial charge in [0, 0.05) is 0 Å². The molecule has 0 aliphatic heterocycles. The second kappa shape index (κ2) is 9.04. The Bertz CT molecular complexity index is 154. The lowest BCUT2D eigenvalue weighted by Crippen LogP contribution is -2.32. The summed E-state index contributed by atoms with van der Waals surface area (Å²) in [5.74, 6) is 0.706. The Hall–Kier alpha value is -0.0400. The third-order valence-corrected chi connectivity index (χ3v) is 4.21. The van der Waals surface area contributed by atoms with E-state index in [1.54, 1.807) is 0 Å². The fourth-order valence-corrected chi connectivity index (χ4v) is 2.11. The largest absolute Gasteiger partial charge is 0.330 e. The fraction of sp³-hybridized carbons (Fsp3) is 1.00. The highest BCUT2D eigenvalue weighted by Crippen LogP contribution is 2.31. The molecule has 0 spiro atoms. The smallest absolute Gasteiger partial charge is 0.00207 e. The molecule has 0 aliphatic carbocycles. The van der Waals surface area contributed by atoms with E-state index >= 15 is 0 Å². The Morgan fingerprint density at radius 1 is 0.938 bits per heavy atom. The van der Waals surface area contributed by atoms with Crippen LogP contribution < -0.4 is 5.73 Å². The van der Waals surface area contributed by atoms with Gasteiger partial charge in [-0.2, -0.15) is 0 Å². The van der Waals surface area contributed by atoms with Gasteiger partial charge in [0.2, 0.25) is 0 Å². The predicted octanol–water partition coefficient (Wildman–Crippen LogP) is 4.75. The van der Waals surface area contributed by atoms with E-state index in [9.17, 15) is 0 Å². The number of nitrogens with two attached hydrogens (primary N) is 1. The van der Waals surface area contributed by atoms with Crippen molar-refractivity contribution >= 4 is 0 Å². The molecule has 0 radical (unpaired) electrons. The molecule has 0 aliphatic rings. The molecule has 0 saturated heterocycles. The first-order chi connectivity index (χ1) is 7.56. The second-order valence-corrected chi connectivity index (χ2v) is 5.88. The van der Waals surface area contributed by atoms with E-state index in [4.69, 9.17) is 5.73 Å². The minimum absolute atomic E-state index is 0.365. The standard InChI is InChI=1S/C15H33N/c1-5-6-7-8-9-10-11-12-15(4,13-16)14(2)3/h14H,5-13,16H2,1-4H3. The lowest BCUT2D eigenvalue weighted by atomic mass is 9.75. The molecule has 0 aromatic rings. The normalized spacial score (nSPS) is 15.4. The van der Waals surface area contributed by atoms with Crippen LogP contribution in [-0.2, 0) is 0 Å². The molecule has 2 N–H and O–H groups in total. The molecule has 0 heterocycles. The third-order valence-electron chi connectivity index (χ3n) is 4.21. The summed E-state index contributed by atoms with van der Waals surface area (Å²) >= 11 is 0. The average molecular weight is 227 g/mol. The Balaban J connectivity index is 3.49. The first-order valence-corrected chi connectivity index (χ1v) is 7.27. The molecular weight excluding hydrogens is 194 g/mol. The molecule has 1 nitrogen and oxygen atoms in total. The van der Waals surface area contributed by atoms with Gasteiger partial charge in [0.25, 0.3) is 0 Å². The topological polar surface area (TPSA) is 26.0 Å². The number of hydrogen-bond donors (Lipinski definition) is 1. The van der Waals surface area contributed by atoms with E-state index in [0.29, 0.717) is 11.3 Å². The van der Waals surface area contributed by atoms with Crippen LogP contribution in [0.2, 0.25) is 0 Å². The van der Waals surface area contributed by atoms with Crippen LogP contribution >= 0.6 is 0 Å². The highest BCUT2D eigenvalue weighted by Gasteiger charge is 2.25. The van der Waals surface area contributed by atoms with Crippen LogP contribution in [0.3, 0.4) is 0 Å². The van der Waals surface area contributed by atoms with Crippen molar-refractivity contribution in [1.82, 2.24) is 0 Å². The monoisotopic (exact) mass is 227 g/mol. The van der Waals surface area contributed by atoms with Gasteiger partial charge in [-0.3, -0.25) is 0 Å². The highest BCUT2D eigenvalue weighted by molar-refractivity contribution is 4.78. The van der Waals surface area contributed by atoms with Crippen LogP contribution in [0.25, 0.3) is 0 Å². The molecule has 0 amide bonds. The lowest BCUT2D eigenvalue weighted by molar-refractivity contribution is 0.202. The molecule has 0 rings (SSSR count). The maximum absolute atomic E-state index is 5.89. The van der Waals surface area contributed by atoms with Gasteiger partial charge in [-0.05, 0) is 24.3 Å². The molecule has 1 unspecified atom stereocenters. The van der Waals surface area contributed by atoms with Gasteiger partial charge in [0.05, 0.1) is 0 Å². The van der Waals surface area contributed by atoms with E-state index in [1.165, 1.54) is 51.4 Å². The molecule has 16 heavy (non-hydrogen) atoms. The van der Waals surface area contributed by atoms with Crippen LogP contribution in [0.1, 0.15) is 79.1 Å². The Morgan fingerprint density at radius 2 is 1.44 bits per heavy atom. The minimum Gasteiger partial charge on any atom is -0.330 e. The molecule has 98 valence electrons. The molecule has 0 fully saturated rings. The van der Waals surface area contributed by atoms with E-state index in [0.717, 1.165) is 6.54 Å². The summed E-state index contributed by atoms with van der Waals surface area (Å²) in [4.78, 5) is 0. The quantitative estimate of drug-likeness (QED) is 0.536. The van der Waals surface area contributed by atoms with Crippen molar-refractivity contribution in [3.63, 3.8) is 0 Å². The first kappa shape index (κ1) is 16.0. The van der Waals surface area contributed by atoms with Gasteiger partial charge in [-0.1, -0.05) is 72.6 Å². The average Bonchev–Trinajstić information content (AvgIpc) is 2.27. The van der Waals surface area contributed by atoms with E-state index in [2.05, 4.69) is 27.7 Å². The lowest BCUT2D eigenvalue weighted by Gasteiger charge is -2.32. The van der Waals surface area contributed by atoms with Gasteiger partial charge >= 0.3 is 0 Å². The first-order valence-electron chi connectivity index (χ1n) is 7.27. The minimum atomic E-state index is 0.365. The van der Waals surface area contributed by atoms with Gasteiger partial charge in [0.15, 0.2) is 0 Å². The fourth-order valence-electron chi connectivity index (χ4n) is 2.11. The zero-order chi connectivity index (χ0) is 12.4. The number of rotatable bonds is 10. The summed E-state index contributed by atoms with van der Waals surface area (Å²) in [7, 11) is 0. The van der Waals surface area contributed by atoms with Crippen LogP contribution in [0.5, 0.6) is 0 Å². The SMILES string of the molecule is CCCCCCCCCC(C)(CN)C(C)C. The van der Waals surface area contributed by atoms with Gasteiger partial charge < -0.3 is 5.73 Å². The van der Waals surface area contributed by atoms with Crippen LogP contribution in [0.15, 0.2) is 0 Å². The summed E-state index contributed by atoms with van der Waals surface area (Å²) in [6, 6.07) is 0. The molecule has 1 atom stereocenters. The number of hydrogen-bond acceptors (Lipinski definition) is 1. The van der Waals surface area contributed by atoms with Crippen molar-refractivity contribution < 1.29 is 0 Å². The maximum Gasteiger partial charge on any atom is -0.00207 e. The Morgan fingerprint density at radius 3 is 1.88 bits per heavy atom. The van der Waals surface area contributed by atoms with Crippen molar-refractivity contribution in [1.29, 1.82) is 0 Å².